The number of likely N-dealkylation sites (tertiary alicyclic amines) is 1. The number of carbonyl (C=O) groups is 4. The number of unbranched alkanes of at least 4 members (excludes halogenated alkanes) is 7. The van der Waals surface area contributed by atoms with Crippen molar-refractivity contribution in [2.24, 2.45) is 11.8 Å². The first-order chi connectivity index (χ1) is 28.6. The number of rotatable bonds is 35. The summed E-state index contributed by atoms with van der Waals surface area (Å²) in [6.45, 7) is 15.5. The molecule has 0 saturated carbocycles. The van der Waals surface area contributed by atoms with E-state index in [9.17, 15) is 19.2 Å². The van der Waals surface area contributed by atoms with Gasteiger partial charge in [-0.05, 0) is 103 Å². The van der Waals surface area contributed by atoms with Crippen LogP contribution in [-0.2, 0) is 47.5 Å². The summed E-state index contributed by atoms with van der Waals surface area (Å²) in [5, 5.41) is 0. The molecule has 3 atom stereocenters. The molecule has 0 radical (unpaired) electrons. The highest BCUT2D eigenvalue weighted by molar-refractivity contribution is 5.78. The van der Waals surface area contributed by atoms with Gasteiger partial charge in [0.05, 0.1) is 32.3 Å². The Morgan fingerprint density at radius 2 is 1.27 bits per heavy atom. The van der Waals surface area contributed by atoms with E-state index in [1.54, 1.807) is 13.8 Å². The number of ether oxygens (including phenoxy) is 7. The average molecular weight is 836 g/mol. The molecule has 0 aromatic heterocycles. The Labute approximate surface area is 357 Å². The van der Waals surface area contributed by atoms with Crippen LogP contribution in [0.25, 0.3) is 0 Å². The van der Waals surface area contributed by atoms with Gasteiger partial charge in [-0.2, -0.15) is 0 Å². The molecule has 1 saturated heterocycles. The maximum absolute atomic E-state index is 14.1. The van der Waals surface area contributed by atoms with Crippen LogP contribution in [0.1, 0.15) is 164 Å². The van der Waals surface area contributed by atoms with Crippen LogP contribution in [0.3, 0.4) is 0 Å². The zero-order valence-corrected chi connectivity index (χ0v) is 37.7. The molecule has 0 aromatic carbocycles. The normalized spacial score (nSPS) is 16.1. The quantitative estimate of drug-likeness (QED) is 0.0198. The number of esters is 3. The predicted octanol–water partition coefficient (Wildman–Crippen LogP) is 10.6. The van der Waals surface area contributed by atoms with Crippen LogP contribution in [0.15, 0.2) is 36.5 Å². The topological polar surface area (TPSA) is 136 Å². The second kappa shape index (κ2) is 35.5. The van der Waals surface area contributed by atoms with E-state index < -0.39 is 36.1 Å². The van der Waals surface area contributed by atoms with Gasteiger partial charge in [-0.1, -0.05) is 90.8 Å². The summed E-state index contributed by atoms with van der Waals surface area (Å²) >= 11 is 0. The summed E-state index contributed by atoms with van der Waals surface area (Å²) in [6.07, 6.45) is 24.5. The molecule has 0 bridgehead atoms. The van der Waals surface area contributed by atoms with Crippen molar-refractivity contribution in [3.8, 4) is 0 Å². The van der Waals surface area contributed by atoms with E-state index in [0.717, 1.165) is 90.3 Å². The molecule has 340 valence electrons. The molecule has 12 nitrogen and oxygen atoms in total. The Hall–Kier alpha value is -3.22. The molecule has 59 heavy (non-hydrogen) atoms. The van der Waals surface area contributed by atoms with Gasteiger partial charge in [-0.3, -0.25) is 9.59 Å². The van der Waals surface area contributed by atoms with E-state index in [1.807, 2.05) is 6.08 Å². The minimum absolute atomic E-state index is 0.0901. The SMILES string of the molecule is CC/C=C\CCCCOC(CC)(OCCCC/C=C\CC)C(=O)OC(OC(=O)OCC1CCCN(CC)C1)C(C)COC(=O)CCCCC(=O)OCC/C=C\CCCC. The van der Waals surface area contributed by atoms with Crippen LogP contribution < -0.4 is 0 Å². The van der Waals surface area contributed by atoms with E-state index in [4.69, 9.17) is 33.2 Å². The van der Waals surface area contributed by atoms with Crippen LogP contribution in [0, 0.1) is 11.8 Å². The van der Waals surface area contributed by atoms with Gasteiger partial charge in [0.2, 0.25) is 0 Å². The second-order valence-electron chi connectivity index (χ2n) is 15.4. The van der Waals surface area contributed by atoms with Crippen molar-refractivity contribution < 1.29 is 52.3 Å². The Kier molecular flexibility index (Phi) is 32.4. The molecule has 1 heterocycles. The summed E-state index contributed by atoms with van der Waals surface area (Å²) in [6, 6.07) is 0. The zero-order valence-electron chi connectivity index (χ0n) is 37.7. The van der Waals surface area contributed by atoms with Gasteiger partial charge in [0.15, 0.2) is 0 Å². The molecule has 0 amide bonds. The highest BCUT2D eigenvalue weighted by Crippen LogP contribution is 2.26. The third-order valence-electron chi connectivity index (χ3n) is 10.1. The molecule has 12 heteroatoms. The van der Waals surface area contributed by atoms with Crippen molar-refractivity contribution in [3.05, 3.63) is 36.5 Å². The number of hydrogen-bond acceptors (Lipinski definition) is 12. The van der Waals surface area contributed by atoms with Gasteiger partial charge in [0.1, 0.15) is 6.61 Å². The summed E-state index contributed by atoms with van der Waals surface area (Å²) in [5.74, 6) is -3.91. The fraction of sp³-hybridized carbons (Fsp3) is 0.787. The van der Waals surface area contributed by atoms with Crippen LogP contribution >= 0.6 is 0 Å². The van der Waals surface area contributed by atoms with Crippen molar-refractivity contribution in [3.63, 3.8) is 0 Å². The van der Waals surface area contributed by atoms with Crippen molar-refractivity contribution in [1.29, 1.82) is 0 Å². The fourth-order valence-electron chi connectivity index (χ4n) is 6.40. The van der Waals surface area contributed by atoms with Gasteiger partial charge in [-0.15, -0.1) is 0 Å². The van der Waals surface area contributed by atoms with E-state index in [0.29, 0.717) is 38.7 Å². The Bertz CT molecular complexity index is 1180. The van der Waals surface area contributed by atoms with Crippen LogP contribution in [0.4, 0.5) is 4.79 Å². The molecule has 1 aliphatic heterocycles. The minimum atomic E-state index is -1.72. The smallest absolute Gasteiger partial charge is 0.465 e. The lowest BCUT2D eigenvalue weighted by Crippen LogP contribution is -2.48. The first-order valence-electron chi connectivity index (χ1n) is 22.9. The first kappa shape index (κ1) is 53.8. The summed E-state index contributed by atoms with van der Waals surface area (Å²) in [5.41, 5.74) is 0. The lowest BCUT2D eigenvalue weighted by Gasteiger charge is -2.33. The summed E-state index contributed by atoms with van der Waals surface area (Å²) in [7, 11) is 0. The van der Waals surface area contributed by atoms with Crippen molar-refractivity contribution >= 4 is 24.1 Å². The van der Waals surface area contributed by atoms with Gasteiger partial charge in [0.25, 0.3) is 12.1 Å². The van der Waals surface area contributed by atoms with Crippen LogP contribution in [0.5, 0.6) is 0 Å². The lowest BCUT2D eigenvalue weighted by molar-refractivity contribution is -0.266. The van der Waals surface area contributed by atoms with Crippen molar-refractivity contribution in [1.82, 2.24) is 4.90 Å². The Balaban J connectivity index is 2.93. The fourth-order valence-corrected chi connectivity index (χ4v) is 6.40. The molecule has 1 aliphatic rings. The van der Waals surface area contributed by atoms with Gasteiger partial charge in [0, 0.05) is 31.7 Å². The number of carbonyl (C=O) groups excluding carboxylic acids is 4. The predicted molar refractivity (Wildman–Crippen MR) is 231 cm³/mol. The highest BCUT2D eigenvalue weighted by atomic mass is 16.8. The maximum Gasteiger partial charge on any atom is 0.511 e. The van der Waals surface area contributed by atoms with E-state index in [-0.39, 0.29) is 57.6 Å². The number of hydrogen-bond donors (Lipinski definition) is 0. The van der Waals surface area contributed by atoms with Crippen LogP contribution in [-0.4, -0.2) is 93.7 Å². The highest BCUT2D eigenvalue weighted by Gasteiger charge is 2.44. The van der Waals surface area contributed by atoms with Gasteiger partial charge >= 0.3 is 24.1 Å². The second-order valence-corrected chi connectivity index (χ2v) is 15.4. The largest absolute Gasteiger partial charge is 0.511 e. The van der Waals surface area contributed by atoms with E-state index >= 15 is 0 Å². The Morgan fingerprint density at radius 3 is 1.86 bits per heavy atom. The zero-order chi connectivity index (χ0) is 43.4. The monoisotopic (exact) mass is 836 g/mol. The van der Waals surface area contributed by atoms with Gasteiger partial charge < -0.3 is 38.1 Å². The third kappa shape index (κ3) is 26.6. The molecule has 0 aromatic rings. The van der Waals surface area contributed by atoms with Gasteiger partial charge in [-0.25, -0.2) is 9.59 Å². The Morgan fingerprint density at radius 1 is 0.678 bits per heavy atom. The van der Waals surface area contributed by atoms with Crippen molar-refractivity contribution in [2.45, 2.75) is 176 Å². The minimum Gasteiger partial charge on any atom is -0.465 e. The van der Waals surface area contributed by atoms with Crippen molar-refractivity contribution in [2.75, 3.05) is 52.7 Å². The maximum atomic E-state index is 14.1. The first-order valence-corrected chi connectivity index (χ1v) is 22.9. The molecule has 0 N–H and O–H groups in total. The molecule has 0 aliphatic carbocycles. The molecule has 0 spiro atoms. The van der Waals surface area contributed by atoms with E-state index in [2.05, 4.69) is 63.0 Å². The molecule has 1 rings (SSSR count). The molecular weight excluding hydrogens is 755 g/mol. The third-order valence-corrected chi connectivity index (χ3v) is 10.1. The standard InChI is InChI=1S/C47H81NO11/c1-7-12-15-18-21-26-34-53-42(49)31-24-25-32-43(50)54-38-40(6)44(59-46(52)55-39-41-30-29-33-48(11-5)37-41)58-45(51)47(10-4,56-35-27-22-19-16-13-8-2)57-36-28-23-20-17-14-9-3/h13-14,16-18,21,40-41,44H,7-12,15,19-20,22-39H2,1-6H3/b16-13-,17-14-,21-18-. The number of allylic oxidation sites excluding steroid dienone is 5. The molecular formula is C47H81NO11. The number of piperidine rings is 1. The summed E-state index contributed by atoms with van der Waals surface area (Å²) < 4.78 is 40.4. The summed E-state index contributed by atoms with van der Waals surface area (Å²) in [4.78, 5) is 54.4. The number of nitrogens with zero attached hydrogens (tertiary/aromatic N) is 1. The molecule has 3 unspecified atom stereocenters. The molecule has 1 fully saturated rings. The lowest BCUT2D eigenvalue weighted by atomic mass is 9.99. The average Bonchev–Trinajstić information content (AvgIpc) is 3.24. The van der Waals surface area contributed by atoms with E-state index in [1.165, 1.54) is 0 Å². The van der Waals surface area contributed by atoms with Crippen LogP contribution in [0.2, 0.25) is 0 Å².